The van der Waals surface area contributed by atoms with E-state index >= 15 is 0 Å². The molecule has 0 saturated heterocycles. The molecule has 0 aliphatic heterocycles. The zero-order chi connectivity index (χ0) is 13.3. The van der Waals surface area contributed by atoms with Crippen LogP contribution in [0.4, 0.5) is 8.78 Å². The number of hydrogen-bond acceptors (Lipinski definition) is 1. The maximum atomic E-state index is 13.1. The van der Waals surface area contributed by atoms with E-state index in [4.69, 9.17) is 0 Å². The summed E-state index contributed by atoms with van der Waals surface area (Å²) in [5.74, 6) is -1.30. The topological polar surface area (TPSA) is 22.0 Å². The van der Waals surface area contributed by atoms with Gasteiger partial charge >= 0.3 is 0 Å². The summed E-state index contributed by atoms with van der Waals surface area (Å²) in [6.07, 6.45) is 1.58. The van der Waals surface area contributed by atoms with Gasteiger partial charge < -0.3 is 4.57 Å². The van der Waals surface area contributed by atoms with E-state index in [1.165, 1.54) is 22.8 Å². The molecule has 2 aromatic rings. The summed E-state index contributed by atoms with van der Waals surface area (Å²) in [5, 5.41) is 0. The Balaban J connectivity index is 2.47. The van der Waals surface area contributed by atoms with Gasteiger partial charge in [-0.05, 0) is 30.7 Å². The van der Waals surface area contributed by atoms with Crippen LogP contribution in [0.1, 0.15) is 18.5 Å². The highest BCUT2D eigenvalue weighted by molar-refractivity contribution is 9.10. The second-order valence-electron chi connectivity index (χ2n) is 3.97. The third-order valence-electron chi connectivity index (χ3n) is 2.69. The molecular weight excluding hydrogens is 304 g/mol. The minimum Gasteiger partial charge on any atom is -0.308 e. The molecule has 1 unspecified atom stereocenters. The van der Waals surface area contributed by atoms with Crippen molar-refractivity contribution in [1.82, 2.24) is 4.57 Å². The van der Waals surface area contributed by atoms with Crippen LogP contribution in [0.25, 0.3) is 0 Å². The van der Waals surface area contributed by atoms with Gasteiger partial charge in [0, 0.05) is 22.8 Å². The van der Waals surface area contributed by atoms with Crippen molar-refractivity contribution in [1.29, 1.82) is 0 Å². The van der Waals surface area contributed by atoms with E-state index < -0.39 is 17.7 Å². The molecule has 0 N–H and O–H groups in total. The fourth-order valence-electron chi connectivity index (χ4n) is 1.76. The highest BCUT2D eigenvalue weighted by Gasteiger charge is 2.11. The van der Waals surface area contributed by atoms with E-state index in [0.717, 1.165) is 6.07 Å². The lowest BCUT2D eigenvalue weighted by Crippen LogP contribution is -2.22. The van der Waals surface area contributed by atoms with Gasteiger partial charge in [0.1, 0.15) is 11.6 Å². The van der Waals surface area contributed by atoms with Crippen LogP contribution in [0.15, 0.2) is 45.8 Å². The summed E-state index contributed by atoms with van der Waals surface area (Å²) < 4.78 is 28.4. The number of hydrogen-bond donors (Lipinski definition) is 0. The lowest BCUT2D eigenvalue weighted by atomic mass is 10.1. The normalized spacial score (nSPS) is 12.4. The summed E-state index contributed by atoms with van der Waals surface area (Å²) in [7, 11) is 0. The molecule has 0 radical (unpaired) electrons. The first-order chi connectivity index (χ1) is 8.47. The first kappa shape index (κ1) is 13.0. The number of halogens is 3. The molecule has 0 aliphatic carbocycles. The number of pyridine rings is 1. The zero-order valence-corrected chi connectivity index (χ0v) is 11.1. The smallest absolute Gasteiger partial charge is 0.252 e. The fourth-order valence-corrected chi connectivity index (χ4v) is 2.08. The molecule has 0 aliphatic rings. The molecule has 5 heteroatoms. The molecule has 1 aromatic heterocycles. The van der Waals surface area contributed by atoms with E-state index in [9.17, 15) is 13.6 Å². The summed E-state index contributed by atoms with van der Waals surface area (Å²) >= 11 is 3.19. The van der Waals surface area contributed by atoms with Gasteiger partial charge in [0.05, 0.1) is 6.04 Å². The predicted octanol–water partition coefficient (Wildman–Crippen LogP) is 3.50. The van der Waals surface area contributed by atoms with Crippen molar-refractivity contribution in [2.24, 2.45) is 0 Å². The number of rotatable bonds is 2. The van der Waals surface area contributed by atoms with Gasteiger partial charge in [0.2, 0.25) is 0 Å². The molecule has 0 saturated carbocycles. The Kier molecular flexibility index (Phi) is 3.61. The van der Waals surface area contributed by atoms with Crippen molar-refractivity contribution in [3.05, 3.63) is 68.6 Å². The van der Waals surface area contributed by atoms with Crippen LogP contribution in [0, 0.1) is 11.6 Å². The highest BCUT2D eigenvalue weighted by atomic mass is 79.9. The summed E-state index contributed by atoms with van der Waals surface area (Å²) in [5.41, 5.74) is 0.179. The molecule has 1 atom stereocenters. The van der Waals surface area contributed by atoms with Crippen molar-refractivity contribution in [2.75, 3.05) is 0 Å². The van der Waals surface area contributed by atoms with E-state index in [1.54, 1.807) is 19.2 Å². The van der Waals surface area contributed by atoms with Gasteiger partial charge in [-0.25, -0.2) is 8.78 Å². The molecule has 2 nitrogen and oxygen atoms in total. The van der Waals surface area contributed by atoms with Crippen LogP contribution in [-0.2, 0) is 0 Å². The van der Waals surface area contributed by atoms with Gasteiger partial charge in [-0.15, -0.1) is 0 Å². The van der Waals surface area contributed by atoms with Gasteiger partial charge in [-0.2, -0.15) is 0 Å². The van der Waals surface area contributed by atoms with Gasteiger partial charge in [0.25, 0.3) is 5.56 Å². The second kappa shape index (κ2) is 5.02. The number of benzene rings is 1. The third kappa shape index (κ3) is 2.67. The molecular formula is C13H10BrF2NO. The molecule has 1 heterocycles. The maximum Gasteiger partial charge on any atom is 0.252 e. The number of nitrogens with zero attached hydrogens (tertiary/aromatic N) is 1. The van der Waals surface area contributed by atoms with Crippen LogP contribution in [0.5, 0.6) is 0 Å². The average molecular weight is 314 g/mol. The van der Waals surface area contributed by atoms with Crippen molar-refractivity contribution in [3.8, 4) is 0 Å². The monoisotopic (exact) mass is 313 g/mol. The average Bonchev–Trinajstić information content (AvgIpc) is 2.26. The summed E-state index contributed by atoms with van der Waals surface area (Å²) in [4.78, 5) is 11.8. The van der Waals surface area contributed by atoms with Crippen molar-refractivity contribution in [3.63, 3.8) is 0 Å². The van der Waals surface area contributed by atoms with Crippen LogP contribution in [0.3, 0.4) is 0 Å². The standard InChI is InChI=1S/C13H10BrF2NO/c1-8(9-4-11(15)7-12(16)5-9)17-3-2-10(14)6-13(17)18/h2-8H,1H3. The lowest BCUT2D eigenvalue weighted by Gasteiger charge is -2.15. The van der Waals surface area contributed by atoms with Crippen LogP contribution in [0.2, 0.25) is 0 Å². The van der Waals surface area contributed by atoms with E-state index in [0.29, 0.717) is 10.0 Å². The van der Waals surface area contributed by atoms with Gasteiger partial charge in [0.15, 0.2) is 0 Å². The van der Waals surface area contributed by atoms with Gasteiger partial charge in [-0.1, -0.05) is 15.9 Å². The molecule has 18 heavy (non-hydrogen) atoms. The Labute approximate surface area is 111 Å². The molecule has 0 spiro atoms. The summed E-state index contributed by atoms with van der Waals surface area (Å²) in [6.45, 7) is 1.71. The Bertz CT molecular complexity index is 619. The molecule has 0 bridgehead atoms. The van der Waals surface area contributed by atoms with Crippen LogP contribution in [-0.4, -0.2) is 4.57 Å². The Morgan fingerprint density at radius 2 is 1.78 bits per heavy atom. The Hall–Kier alpha value is -1.49. The fraction of sp³-hybridized carbons (Fsp3) is 0.154. The third-order valence-corrected chi connectivity index (χ3v) is 3.19. The van der Waals surface area contributed by atoms with E-state index in [2.05, 4.69) is 15.9 Å². The van der Waals surface area contributed by atoms with Crippen LogP contribution < -0.4 is 5.56 Å². The van der Waals surface area contributed by atoms with Gasteiger partial charge in [-0.3, -0.25) is 4.79 Å². The van der Waals surface area contributed by atoms with Crippen LogP contribution >= 0.6 is 15.9 Å². The van der Waals surface area contributed by atoms with E-state index in [-0.39, 0.29) is 5.56 Å². The molecule has 0 fully saturated rings. The summed E-state index contributed by atoms with van der Waals surface area (Å²) in [6, 6.07) is 5.93. The van der Waals surface area contributed by atoms with Crippen molar-refractivity contribution in [2.45, 2.75) is 13.0 Å². The SMILES string of the molecule is CC(c1cc(F)cc(F)c1)n1ccc(Br)cc1=O. The minimum atomic E-state index is -0.651. The molecule has 1 aromatic carbocycles. The first-order valence-corrected chi connectivity index (χ1v) is 6.10. The van der Waals surface area contributed by atoms with Crippen molar-refractivity contribution < 1.29 is 8.78 Å². The lowest BCUT2D eigenvalue weighted by molar-refractivity contribution is 0.559. The number of aromatic nitrogens is 1. The molecule has 0 amide bonds. The zero-order valence-electron chi connectivity index (χ0n) is 9.53. The minimum absolute atomic E-state index is 0.235. The maximum absolute atomic E-state index is 13.1. The van der Waals surface area contributed by atoms with E-state index in [1.807, 2.05) is 0 Å². The first-order valence-electron chi connectivity index (χ1n) is 5.31. The quantitative estimate of drug-likeness (QED) is 0.831. The Morgan fingerprint density at radius 3 is 2.33 bits per heavy atom. The second-order valence-corrected chi connectivity index (χ2v) is 4.88. The molecule has 2 rings (SSSR count). The molecule has 94 valence electrons. The largest absolute Gasteiger partial charge is 0.308 e. The predicted molar refractivity (Wildman–Crippen MR) is 68.6 cm³/mol. The highest BCUT2D eigenvalue weighted by Crippen LogP contribution is 2.19. The van der Waals surface area contributed by atoms with Crippen molar-refractivity contribution >= 4 is 15.9 Å². The Morgan fingerprint density at radius 1 is 1.17 bits per heavy atom.